The molecule has 0 aromatic heterocycles. The standard InChI is InChI=1S/C16H22F2N2O3/c1-2-22-10-12-7-8-20(9-12)16(21)19-13-5-3-4-6-14(13)23-11-15(17)18/h3-6,12,15H,2,7-11H2,1H3,(H,19,21)/t12-/m0/s1. The number of para-hydroxylation sites is 2. The maximum Gasteiger partial charge on any atom is 0.321 e. The average molecular weight is 328 g/mol. The second-order valence-electron chi connectivity index (χ2n) is 5.39. The molecule has 1 heterocycles. The summed E-state index contributed by atoms with van der Waals surface area (Å²) < 4.78 is 35.0. The SMILES string of the molecule is CCOC[C@H]1CCN(C(=O)Nc2ccccc2OCC(F)F)C1. The number of benzene rings is 1. The lowest BCUT2D eigenvalue weighted by molar-refractivity contribution is 0.0822. The van der Waals surface area contributed by atoms with Crippen molar-refractivity contribution in [2.24, 2.45) is 5.92 Å². The molecule has 0 bridgehead atoms. The van der Waals surface area contributed by atoms with Crippen LogP contribution in [0.1, 0.15) is 13.3 Å². The highest BCUT2D eigenvalue weighted by Crippen LogP contribution is 2.25. The van der Waals surface area contributed by atoms with Gasteiger partial charge in [-0.15, -0.1) is 0 Å². The van der Waals surface area contributed by atoms with E-state index in [1.165, 1.54) is 0 Å². The fourth-order valence-electron chi connectivity index (χ4n) is 2.48. The molecule has 1 aromatic rings. The minimum atomic E-state index is -2.56. The highest BCUT2D eigenvalue weighted by atomic mass is 19.3. The molecule has 0 spiro atoms. The number of halogens is 2. The summed E-state index contributed by atoms with van der Waals surface area (Å²) in [6.45, 7) is 3.84. The van der Waals surface area contributed by atoms with E-state index in [1.54, 1.807) is 29.2 Å². The Morgan fingerprint density at radius 2 is 2.22 bits per heavy atom. The van der Waals surface area contributed by atoms with Gasteiger partial charge in [-0.2, -0.15) is 0 Å². The normalized spacial score (nSPS) is 17.6. The van der Waals surface area contributed by atoms with Crippen LogP contribution in [0.25, 0.3) is 0 Å². The van der Waals surface area contributed by atoms with Crippen molar-refractivity contribution in [2.45, 2.75) is 19.8 Å². The van der Waals surface area contributed by atoms with Gasteiger partial charge in [-0.3, -0.25) is 0 Å². The molecule has 0 aliphatic carbocycles. The van der Waals surface area contributed by atoms with Crippen LogP contribution in [0.4, 0.5) is 19.3 Å². The van der Waals surface area contributed by atoms with Gasteiger partial charge >= 0.3 is 6.03 Å². The van der Waals surface area contributed by atoms with Crippen LogP contribution in [-0.4, -0.2) is 50.3 Å². The second-order valence-corrected chi connectivity index (χ2v) is 5.39. The number of alkyl halides is 2. The fourth-order valence-corrected chi connectivity index (χ4v) is 2.48. The molecule has 2 amide bonds. The van der Waals surface area contributed by atoms with Gasteiger partial charge in [0.05, 0.1) is 12.3 Å². The number of nitrogens with one attached hydrogen (secondary N) is 1. The number of rotatable bonds is 7. The summed E-state index contributed by atoms with van der Waals surface area (Å²) in [5.74, 6) is 0.581. The van der Waals surface area contributed by atoms with E-state index < -0.39 is 13.0 Å². The molecule has 1 aliphatic rings. The Kier molecular flexibility index (Phi) is 6.58. The van der Waals surface area contributed by atoms with Crippen LogP contribution in [0.15, 0.2) is 24.3 Å². The highest BCUT2D eigenvalue weighted by Gasteiger charge is 2.26. The monoisotopic (exact) mass is 328 g/mol. The summed E-state index contributed by atoms with van der Waals surface area (Å²) in [5.41, 5.74) is 0.395. The highest BCUT2D eigenvalue weighted by molar-refractivity contribution is 5.91. The number of nitrogens with zero attached hydrogens (tertiary/aromatic N) is 1. The summed E-state index contributed by atoms with van der Waals surface area (Å²) in [4.78, 5) is 14.0. The summed E-state index contributed by atoms with van der Waals surface area (Å²) in [5, 5.41) is 2.73. The van der Waals surface area contributed by atoms with Crippen molar-refractivity contribution in [3.8, 4) is 5.75 Å². The van der Waals surface area contributed by atoms with E-state index in [9.17, 15) is 13.6 Å². The van der Waals surface area contributed by atoms with Gasteiger partial charge in [0.1, 0.15) is 12.4 Å². The largest absolute Gasteiger partial charge is 0.485 e. The van der Waals surface area contributed by atoms with Gasteiger partial charge in [0, 0.05) is 25.6 Å². The van der Waals surface area contributed by atoms with Gasteiger partial charge in [-0.1, -0.05) is 12.1 Å². The predicted octanol–water partition coefficient (Wildman–Crippen LogP) is 3.22. The zero-order valence-electron chi connectivity index (χ0n) is 13.1. The molecule has 2 rings (SSSR count). The van der Waals surface area contributed by atoms with Crippen molar-refractivity contribution in [3.63, 3.8) is 0 Å². The first-order valence-corrected chi connectivity index (χ1v) is 7.73. The predicted molar refractivity (Wildman–Crippen MR) is 83.1 cm³/mol. The van der Waals surface area contributed by atoms with Crippen molar-refractivity contribution in [1.29, 1.82) is 0 Å². The molecular formula is C16H22F2N2O3. The number of carbonyl (C=O) groups is 1. The molecular weight excluding hydrogens is 306 g/mol. The van der Waals surface area contributed by atoms with E-state index in [1.807, 2.05) is 6.92 Å². The summed E-state index contributed by atoms with van der Waals surface area (Å²) in [6.07, 6.45) is -1.66. The zero-order chi connectivity index (χ0) is 16.7. The van der Waals surface area contributed by atoms with Crippen LogP contribution in [0, 0.1) is 5.92 Å². The maximum absolute atomic E-state index is 12.3. The van der Waals surface area contributed by atoms with Crippen LogP contribution in [0.5, 0.6) is 5.75 Å². The average Bonchev–Trinajstić information content (AvgIpc) is 3.01. The summed E-state index contributed by atoms with van der Waals surface area (Å²) in [7, 11) is 0. The van der Waals surface area contributed by atoms with Crippen LogP contribution in [0.3, 0.4) is 0 Å². The fraction of sp³-hybridized carbons (Fsp3) is 0.562. The molecule has 1 fully saturated rings. The van der Waals surface area contributed by atoms with Crippen LogP contribution >= 0.6 is 0 Å². The number of hydrogen-bond donors (Lipinski definition) is 1. The van der Waals surface area contributed by atoms with Crippen molar-refractivity contribution >= 4 is 11.7 Å². The smallest absolute Gasteiger partial charge is 0.321 e. The lowest BCUT2D eigenvalue weighted by atomic mass is 10.1. The van der Waals surface area contributed by atoms with Gasteiger partial charge in [0.2, 0.25) is 0 Å². The van der Waals surface area contributed by atoms with Crippen molar-refractivity contribution in [2.75, 3.05) is 38.2 Å². The molecule has 1 N–H and O–H groups in total. The number of carbonyl (C=O) groups excluding carboxylic acids is 1. The molecule has 1 saturated heterocycles. The van der Waals surface area contributed by atoms with E-state index in [4.69, 9.17) is 9.47 Å². The Hall–Kier alpha value is -1.89. The quantitative estimate of drug-likeness (QED) is 0.836. The summed E-state index contributed by atoms with van der Waals surface area (Å²) in [6, 6.07) is 6.32. The van der Waals surface area contributed by atoms with Gasteiger partial charge in [0.25, 0.3) is 6.43 Å². The van der Waals surface area contributed by atoms with Crippen molar-refractivity contribution in [1.82, 2.24) is 4.90 Å². The van der Waals surface area contributed by atoms with Crippen LogP contribution < -0.4 is 10.1 Å². The minimum absolute atomic E-state index is 0.242. The van der Waals surface area contributed by atoms with Gasteiger partial charge in [-0.25, -0.2) is 13.6 Å². The Balaban J connectivity index is 1.90. The first kappa shape index (κ1) is 17.5. The first-order valence-electron chi connectivity index (χ1n) is 7.73. The third kappa shape index (κ3) is 5.35. The molecule has 23 heavy (non-hydrogen) atoms. The molecule has 7 heteroatoms. The molecule has 1 atom stereocenters. The van der Waals surface area contributed by atoms with Crippen molar-refractivity contribution < 1.29 is 23.0 Å². The number of hydrogen-bond acceptors (Lipinski definition) is 3. The lowest BCUT2D eigenvalue weighted by Crippen LogP contribution is -2.33. The van der Waals surface area contributed by atoms with E-state index in [2.05, 4.69) is 5.32 Å². The summed E-state index contributed by atoms with van der Waals surface area (Å²) >= 11 is 0. The molecule has 0 unspecified atom stereocenters. The van der Waals surface area contributed by atoms with Crippen LogP contribution in [-0.2, 0) is 4.74 Å². The number of urea groups is 1. The Bertz CT molecular complexity index is 514. The molecule has 0 radical (unpaired) electrons. The van der Waals surface area contributed by atoms with E-state index >= 15 is 0 Å². The first-order chi connectivity index (χ1) is 11.1. The molecule has 1 aromatic carbocycles. The lowest BCUT2D eigenvalue weighted by Gasteiger charge is -2.19. The third-order valence-corrected chi connectivity index (χ3v) is 3.62. The van der Waals surface area contributed by atoms with Crippen LogP contribution in [0.2, 0.25) is 0 Å². The van der Waals surface area contributed by atoms with Gasteiger partial charge in [-0.05, 0) is 25.5 Å². The number of ether oxygens (including phenoxy) is 2. The maximum atomic E-state index is 12.3. The second kappa shape index (κ2) is 8.67. The Labute approximate surface area is 134 Å². The molecule has 5 nitrogen and oxygen atoms in total. The number of amides is 2. The molecule has 0 saturated carbocycles. The van der Waals surface area contributed by atoms with E-state index in [0.29, 0.717) is 37.9 Å². The van der Waals surface area contributed by atoms with E-state index in [-0.39, 0.29) is 11.8 Å². The number of anilines is 1. The zero-order valence-corrected chi connectivity index (χ0v) is 13.1. The number of likely N-dealkylation sites (tertiary alicyclic amines) is 1. The molecule has 1 aliphatic heterocycles. The minimum Gasteiger partial charge on any atom is -0.485 e. The van der Waals surface area contributed by atoms with Crippen molar-refractivity contribution in [3.05, 3.63) is 24.3 Å². The van der Waals surface area contributed by atoms with E-state index in [0.717, 1.165) is 6.42 Å². The van der Waals surface area contributed by atoms with Gasteiger partial charge < -0.3 is 19.7 Å². The van der Waals surface area contributed by atoms with Gasteiger partial charge in [0.15, 0.2) is 0 Å². The Morgan fingerprint density at radius 1 is 1.43 bits per heavy atom. The molecule has 128 valence electrons. The topological polar surface area (TPSA) is 50.8 Å². The Morgan fingerprint density at radius 3 is 2.96 bits per heavy atom. The third-order valence-electron chi connectivity index (χ3n) is 3.62.